The van der Waals surface area contributed by atoms with Crippen LogP contribution in [0, 0.1) is 11.8 Å². The van der Waals surface area contributed by atoms with Crippen molar-refractivity contribution in [2.75, 3.05) is 23.4 Å². The number of anilines is 1. The van der Waals surface area contributed by atoms with Crippen molar-refractivity contribution in [3.05, 3.63) is 126 Å². The third-order valence-electron chi connectivity index (χ3n) is 7.76. The van der Waals surface area contributed by atoms with Crippen LogP contribution in [0.15, 0.2) is 115 Å². The average Bonchev–Trinajstić information content (AvgIpc) is 3.17. The molecule has 3 aromatic carbocycles. The minimum Gasteiger partial charge on any atom is -0.366 e. The molecule has 0 radical (unpaired) electrons. The molecule has 3 atom stereocenters. The van der Waals surface area contributed by atoms with Gasteiger partial charge in [0.15, 0.2) is 5.78 Å². The number of nitrogens with zero attached hydrogens (tertiary/aromatic N) is 1. The quantitative estimate of drug-likeness (QED) is 0.374. The summed E-state index contributed by atoms with van der Waals surface area (Å²) < 4.78 is 0. The lowest BCUT2D eigenvalue weighted by Crippen LogP contribution is -2.49. The first-order valence-corrected chi connectivity index (χ1v) is 14.5. The Morgan fingerprint density at radius 3 is 2.54 bits per heavy atom. The maximum Gasteiger partial charge on any atom is 0.256 e. The van der Waals surface area contributed by atoms with Gasteiger partial charge in [-0.05, 0) is 52.9 Å². The second-order valence-electron chi connectivity index (χ2n) is 10.2. The van der Waals surface area contributed by atoms with Crippen LogP contribution in [0.5, 0.6) is 0 Å². The van der Waals surface area contributed by atoms with Gasteiger partial charge in [0.2, 0.25) is 0 Å². The summed E-state index contributed by atoms with van der Waals surface area (Å²) in [5.74, 6) is 1.89. The first-order chi connectivity index (χ1) is 19.1. The number of fused-ring (bicyclic) bond motifs is 3. The van der Waals surface area contributed by atoms with Gasteiger partial charge in [-0.2, -0.15) is 11.8 Å². The van der Waals surface area contributed by atoms with Crippen molar-refractivity contribution in [3.8, 4) is 11.1 Å². The van der Waals surface area contributed by atoms with Crippen LogP contribution in [0.4, 0.5) is 5.69 Å². The van der Waals surface area contributed by atoms with E-state index < -0.39 is 0 Å². The first kappa shape index (κ1) is 25.3. The SMILES string of the molecule is CC1C=CC2=CNC=C3CSCCN3C2C1C(=O)c1ccc(NC(=O)c2ccccc2-c2ccccc2)cc1. The predicted octanol–water partition coefficient (Wildman–Crippen LogP) is 6.36. The van der Waals surface area contributed by atoms with Crippen molar-refractivity contribution in [3.63, 3.8) is 0 Å². The van der Waals surface area contributed by atoms with Gasteiger partial charge < -0.3 is 15.5 Å². The topological polar surface area (TPSA) is 61.4 Å². The Morgan fingerprint density at radius 1 is 0.949 bits per heavy atom. The van der Waals surface area contributed by atoms with Gasteiger partial charge in [-0.15, -0.1) is 0 Å². The molecule has 2 aliphatic heterocycles. The molecular weight excluding hydrogens is 502 g/mol. The van der Waals surface area contributed by atoms with Crippen molar-refractivity contribution in [2.45, 2.75) is 13.0 Å². The number of allylic oxidation sites excluding steroid dienone is 1. The van der Waals surface area contributed by atoms with Crippen molar-refractivity contribution in [1.29, 1.82) is 0 Å². The molecule has 196 valence electrons. The molecule has 3 aromatic rings. The highest BCUT2D eigenvalue weighted by Crippen LogP contribution is 2.39. The number of amides is 1. The lowest BCUT2D eigenvalue weighted by Gasteiger charge is -2.44. The fourth-order valence-corrected chi connectivity index (χ4v) is 6.70. The number of benzene rings is 3. The van der Waals surface area contributed by atoms with Crippen molar-refractivity contribution in [2.24, 2.45) is 11.8 Å². The number of hydrogen-bond acceptors (Lipinski definition) is 5. The Hall–Kier alpha value is -4.03. The first-order valence-electron chi connectivity index (χ1n) is 13.4. The summed E-state index contributed by atoms with van der Waals surface area (Å²) in [6.07, 6.45) is 8.42. The van der Waals surface area contributed by atoms with Crippen LogP contribution in [-0.2, 0) is 0 Å². The van der Waals surface area contributed by atoms with E-state index in [0.717, 1.165) is 34.8 Å². The molecule has 6 heteroatoms. The van der Waals surface area contributed by atoms with Crippen LogP contribution in [0.3, 0.4) is 0 Å². The molecule has 3 unspecified atom stereocenters. The van der Waals surface area contributed by atoms with Crippen molar-refractivity contribution >= 4 is 29.1 Å². The Kier molecular flexibility index (Phi) is 7.12. The van der Waals surface area contributed by atoms with E-state index in [-0.39, 0.29) is 29.6 Å². The minimum absolute atomic E-state index is 0.00789. The number of rotatable bonds is 5. The highest BCUT2D eigenvalue weighted by atomic mass is 32.2. The van der Waals surface area contributed by atoms with E-state index in [4.69, 9.17) is 0 Å². The van der Waals surface area contributed by atoms with Gasteiger partial charge in [-0.25, -0.2) is 0 Å². The largest absolute Gasteiger partial charge is 0.366 e. The maximum atomic E-state index is 14.0. The molecule has 0 saturated carbocycles. The molecule has 39 heavy (non-hydrogen) atoms. The minimum atomic E-state index is -0.189. The van der Waals surface area contributed by atoms with Gasteiger partial charge >= 0.3 is 0 Å². The Labute approximate surface area is 233 Å². The zero-order valence-electron chi connectivity index (χ0n) is 21.8. The molecule has 1 fully saturated rings. The number of thioether (sulfide) groups is 1. The van der Waals surface area contributed by atoms with Crippen LogP contribution in [0.2, 0.25) is 0 Å². The molecule has 0 bridgehead atoms. The highest BCUT2D eigenvalue weighted by molar-refractivity contribution is 7.99. The number of carbonyl (C=O) groups is 2. The summed E-state index contributed by atoms with van der Waals surface area (Å²) >= 11 is 1.93. The number of carbonyl (C=O) groups excluding carboxylic acids is 2. The monoisotopic (exact) mass is 533 g/mol. The lowest BCUT2D eigenvalue weighted by atomic mass is 9.74. The molecular formula is C33H31N3O2S. The summed E-state index contributed by atoms with van der Waals surface area (Å²) in [7, 11) is 0. The van der Waals surface area contributed by atoms with E-state index >= 15 is 0 Å². The van der Waals surface area contributed by atoms with E-state index in [1.807, 2.05) is 96.8 Å². The van der Waals surface area contributed by atoms with Crippen molar-refractivity contribution in [1.82, 2.24) is 10.2 Å². The van der Waals surface area contributed by atoms with E-state index in [9.17, 15) is 9.59 Å². The third-order valence-corrected chi connectivity index (χ3v) is 8.73. The standard InChI is InChI=1S/C33H31N3O2S/c1-22-11-12-25-19-34-20-27-21-39-18-17-36(27)31(25)30(22)32(37)24-13-15-26(16-14-24)35-33(38)29-10-6-5-9-28(29)23-7-3-2-4-8-23/h2-16,19-20,22,30-31,34H,17-18,21H2,1H3,(H,35,38). The summed E-state index contributed by atoms with van der Waals surface area (Å²) in [5.41, 5.74) is 6.20. The van der Waals surface area contributed by atoms with Gasteiger partial charge in [-0.1, -0.05) is 67.6 Å². The summed E-state index contributed by atoms with van der Waals surface area (Å²) in [5, 5.41) is 6.35. The fourth-order valence-electron chi connectivity index (χ4n) is 5.77. The summed E-state index contributed by atoms with van der Waals surface area (Å²) in [4.78, 5) is 29.6. The predicted molar refractivity (Wildman–Crippen MR) is 160 cm³/mol. The van der Waals surface area contributed by atoms with Gasteiger partial charge in [0.05, 0.1) is 12.0 Å². The third kappa shape index (κ3) is 5.04. The van der Waals surface area contributed by atoms with E-state index in [2.05, 4.69) is 40.8 Å². The molecule has 5 nitrogen and oxygen atoms in total. The Morgan fingerprint density at radius 2 is 1.72 bits per heavy atom. The molecule has 0 spiro atoms. The van der Waals surface area contributed by atoms with Gasteiger partial charge in [0.25, 0.3) is 5.91 Å². The number of nitrogens with one attached hydrogen (secondary N) is 2. The van der Waals surface area contributed by atoms with E-state index in [1.165, 1.54) is 5.70 Å². The van der Waals surface area contributed by atoms with Crippen LogP contribution < -0.4 is 10.6 Å². The molecule has 2 heterocycles. The second-order valence-corrected chi connectivity index (χ2v) is 11.3. The molecule has 0 aromatic heterocycles. The van der Waals surface area contributed by atoms with Crippen LogP contribution in [0.25, 0.3) is 11.1 Å². The molecule has 1 amide bonds. The van der Waals surface area contributed by atoms with Gasteiger partial charge in [-0.3, -0.25) is 9.59 Å². The summed E-state index contributed by atoms with van der Waals surface area (Å²) in [6, 6.07) is 24.8. The maximum absolute atomic E-state index is 14.0. The van der Waals surface area contributed by atoms with E-state index in [1.54, 1.807) is 0 Å². The van der Waals surface area contributed by atoms with Crippen LogP contribution in [0.1, 0.15) is 27.6 Å². The molecule has 1 aliphatic carbocycles. The van der Waals surface area contributed by atoms with Gasteiger partial charge in [0, 0.05) is 53.0 Å². The average molecular weight is 534 g/mol. The van der Waals surface area contributed by atoms with Crippen LogP contribution in [-0.4, -0.2) is 40.7 Å². The smallest absolute Gasteiger partial charge is 0.256 e. The zero-order chi connectivity index (χ0) is 26.8. The number of ketones is 1. The molecule has 3 aliphatic rings. The number of Topliss-reactive ketones (excluding diaryl/α,β-unsaturated/α-hetero) is 1. The Bertz CT molecular complexity index is 1480. The van der Waals surface area contributed by atoms with E-state index in [0.29, 0.717) is 16.8 Å². The van der Waals surface area contributed by atoms with Crippen molar-refractivity contribution < 1.29 is 9.59 Å². The highest BCUT2D eigenvalue weighted by Gasteiger charge is 2.42. The number of hydrogen-bond donors (Lipinski definition) is 2. The Balaban J connectivity index is 1.22. The van der Waals surface area contributed by atoms with Crippen LogP contribution >= 0.6 is 11.8 Å². The summed E-state index contributed by atoms with van der Waals surface area (Å²) in [6.45, 7) is 3.06. The molecule has 1 saturated heterocycles. The molecule has 2 N–H and O–H groups in total. The second kappa shape index (κ2) is 11.0. The normalized spacial score (nSPS) is 21.9. The lowest BCUT2D eigenvalue weighted by molar-refractivity contribution is 0.0803. The zero-order valence-corrected chi connectivity index (χ0v) is 22.7. The molecule has 6 rings (SSSR count). The van der Waals surface area contributed by atoms with Gasteiger partial charge in [0.1, 0.15) is 0 Å². The fraction of sp³-hybridized carbons (Fsp3) is 0.212.